The minimum absolute atomic E-state index is 0.0285. The highest BCUT2D eigenvalue weighted by atomic mass is 16.5. The molecule has 0 bridgehead atoms. The summed E-state index contributed by atoms with van der Waals surface area (Å²) in [5, 5.41) is 5.46. The summed E-state index contributed by atoms with van der Waals surface area (Å²) in [6.07, 6.45) is 3.11. The highest BCUT2D eigenvalue weighted by Crippen LogP contribution is 2.25. The molecule has 2 aromatic rings. The zero-order valence-corrected chi connectivity index (χ0v) is 10.2. The Morgan fingerprint density at radius 2 is 2.21 bits per heavy atom. The quantitative estimate of drug-likeness (QED) is 0.854. The van der Waals surface area contributed by atoms with Crippen LogP contribution in [-0.2, 0) is 0 Å². The van der Waals surface area contributed by atoms with E-state index in [9.17, 15) is 9.70 Å². The second-order valence-electron chi connectivity index (χ2n) is 3.67. The second kappa shape index (κ2) is 5.72. The highest BCUT2D eigenvalue weighted by Gasteiger charge is 2.13. The largest absolute Gasteiger partial charge is 0.497 e. The SMILES string of the molecule is COc1ccc(C(=O)Nc2cccnc2)c(N=O)c1. The Morgan fingerprint density at radius 1 is 1.37 bits per heavy atom. The summed E-state index contributed by atoms with van der Waals surface area (Å²) in [5.74, 6) is 0.0396. The summed E-state index contributed by atoms with van der Waals surface area (Å²) >= 11 is 0. The Bertz CT molecular complexity index is 599. The minimum atomic E-state index is -0.426. The van der Waals surface area contributed by atoms with Crippen molar-refractivity contribution in [3.63, 3.8) is 0 Å². The fourth-order valence-electron chi connectivity index (χ4n) is 1.54. The zero-order chi connectivity index (χ0) is 13.7. The van der Waals surface area contributed by atoms with Gasteiger partial charge in [-0.05, 0) is 29.4 Å². The molecular weight excluding hydrogens is 246 g/mol. The summed E-state index contributed by atoms with van der Waals surface area (Å²) in [7, 11) is 1.47. The molecule has 19 heavy (non-hydrogen) atoms. The van der Waals surface area contributed by atoms with Gasteiger partial charge in [-0.2, -0.15) is 0 Å². The number of hydrogen-bond acceptors (Lipinski definition) is 5. The molecule has 1 N–H and O–H groups in total. The Balaban J connectivity index is 2.26. The van der Waals surface area contributed by atoms with Gasteiger partial charge in [0.15, 0.2) is 0 Å². The van der Waals surface area contributed by atoms with Crippen molar-refractivity contribution in [1.82, 2.24) is 4.98 Å². The summed E-state index contributed by atoms with van der Waals surface area (Å²) in [6, 6.07) is 7.88. The van der Waals surface area contributed by atoms with Gasteiger partial charge in [0, 0.05) is 12.3 Å². The molecule has 0 spiro atoms. The van der Waals surface area contributed by atoms with Crippen LogP contribution in [0.1, 0.15) is 10.4 Å². The van der Waals surface area contributed by atoms with Gasteiger partial charge < -0.3 is 10.1 Å². The molecule has 6 nitrogen and oxygen atoms in total. The van der Waals surface area contributed by atoms with Gasteiger partial charge in [0.05, 0.1) is 24.6 Å². The molecule has 1 amide bonds. The van der Waals surface area contributed by atoms with Crippen LogP contribution in [0.4, 0.5) is 11.4 Å². The first-order valence-corrected chi connectivity index (χ1v) is 5.47. The van der Waals surface area contributed by atoms with Crippen LogP contribution < -0.4 is 10.1 Å². The van der Waals surface area contributed by atoms with Crippen molar-refractivity contribution in [3.05, 3.63) is 53.2 Å². The third kappa shape index (κ3) is 2.92. The number of hydrogen-bond donors (Lipinski definition) is 1. The third-order valence-electron chi connectivity index (χ3n) is 2.47. The number of amides is 1. The lowest BCUT2D eigenvalue weighted by Gasteiger charge is -2.07. The number of nitrogens with one attached hydrogen (secondary N) is 1. The molecule has 0 aliphatic rings. The lowest BCUT2D eigenvalue weighted by Crippen LogP contribution is -2.12. The van der Waals surface area contributed by atoms with E-state index in [1.54, 1.807) is 24.4 Å². The molecule has 1 aromatic heterocycles. The predicted octanol–water partition coefficient (Wildman–Crippen LogP) is 2.74. The van der Waals surface area contributed by atoms with E-state index in [-0.39, 0.29) is 11.3 Å². The average Bonchev–Trinajstić information content (AvgIpc) is 2.47. The van der Waals surface area contributed by atoms with Crippen LogP contribution in [0.3, 0.4) is 0 Å². The first-order valence-electron chi connectivity index (χ1n) is 5.47. The van der Waals surface area contributed by atoms with Crippen molar-refractivity contribution >= 4 is 17.3 Å². The van der Waals surface area contributed by atoms with E-state index < -0.39 is 5.91 Å². The maximum atomic E-state index is 12.0. The van der Waals surface area contributed by atoms with Gasteiger partial charge in [-0.25, -0.2) is 0 Å². The van der Waals surface area contributed by atoms with Gasteiger partial charge in [0.1, 0.15) is 11.4 Å². The van der Waals surface area contributed by atoms with Crippen molar-refractivity contribution in [2.75, 3.05) is 12.4 Å². The molecule has 0 atom stereocenters. The topological polar surface area (TPSA) is 80.7 Å². The Labute approximate surface area is 109 Å². The van der Waals surface area contributed by atoms with Crippen LogP contribution in [0.15, 0.2) is 47.9 Å². The monoisotopic (exact) mass is 257 g/mol. The van der Waals surface area contributed by atoms with Gasteiger partial charge in [0.2, 0.25) is 0 Å². The van der Waals surface area contributed by atoms with Crippen LogP contribution in [0.25, 0.3) is 0 Å². The van der Waals surface area contributed by atoms with Gasteiger partial charge >= 0.3 is 0 Å². The van der Waals surface area contributed by atoms with Gasteiger partial charge in [0.25, 0.3) is 5.91 Å². The average molecular weight is 257 g/mol. The van der Waals surface area contributed by atoms with Crippen LogP contribution in [0.2, 0.25) is 0 Å². The Morgan fingerprint density at radius 3 is 2.84 bits per heavy atom. The number of rotatable bonds is 4. The molecule has 0 radical (unpaired) electrons. The summed E-state index contributed by atoms with van der Waals surface area (Å²) < 4.78 is 4.97. The molecule has 0 aliphatic carbocycles. The van der Waals surface area contributed by atoms with E-state index in [1.165, 1.54) is 25.4 Å². The number of carbonyl (C=O) groups excluding carboxylic acids is 1. The smallest absolute Gasteiger partial charge is 0.258 e. The molecule has 1 aromatic carbocycles. The van der Waals surface area contributed by atoms with Gasteiger partial charge in [-0.1, -0.05) is 0 Å². The molecule has 1 heterocycles. The zero-order valence-electron chi connectivity index (χ0n) is 10.2. The Kier molecular flexibility index (Phi) is 3.82. The van der Waals surface area contributed by atoms with Gasteiger partial charge in [-0.15, -0.1) is 4.91 Å². The van der Waals surface area contributed by atoms with Crippen molar-refractivity contribution in [2.24, 2.45) is 5.18 Å². The number of aromatic nitrogens is 1. The standard InChI is InChI=1S/C13H11N3O3/c1-19-10-4-5-11(12(7-10)16-18)13(17)15-9-3-2-6-14-8-9/h2-8H,1H3,(H,15,17). The van der Waals surface area contributed by atoms with E-state index in [0.717, 1.165) is 0 Å². The number of nitroso groups, excluding NO2 is 1. The normalized spacial score (nSPS) is 9.74. The van der Waals surface area contributed by atoms with Crippen molar-refractivity contribution < 1.29 is 9.53 Å². The molecule has 0 unspecified atom stereocenters. The first kappa shape index (κ1) is 12.7. The Hall–Kier alpha value is -2.76. The molecule has 0 fully saturated rings. The van der Waals surface area contributed by atoms with E-state index in [4.69, 9.17) is 4.74 Å². The fourth-order valence-corrected chi connectivity index (χ4v) is 1.54. The summed E-state index contributed by atoms with van der Waals surface area (Å²) in [5.41, 5.74) is 0.751. The molecular formula is C13H11N3O3. The second-order valence-corrected chi connectivity index (χ2v) is 3.67. The lowest BCUT2D eigenvalue weighted by molar-refractivity contribution is 0.102. The maximum absolute atomic E-state index is 12.0. The lowest BCUT2D eigenvalue weighted by atomic mass is 10.1. The number of carbonyl (C=O) groups is 1. The van der Waals surface area contributed by atoms with Crippen molar-refractivity contribution in [2.45, 2.75) is 0 Å². The number of pyridine rings is 1. The first-order chi connectivity index (χ1) is 9.24. The summed E-state index contributed by atoms with van der Waals surface area (Å²) in [4.78, 5) is 26.7. The van der Waals surface area contributed by atoms with Crippen LogP contribution >= 0.6 is 0 Å². The number of methoxy groups -OCH3 is 1. The molecule has 0 aliphatic heterocycles. The molecule has 96 valence electrons. The van der Waals surface area contributed by atoms with Crippen molar-refractivity contribution in [3.8, 4) is 5.75 Å². The van der Waals surface area contributed by atoms with Crippen molar-refractivity contribution in [1.29, 1.82) is 0 Å². The van der Waals surface area contributed by atoms with E-state index in [1.807, 2.05) is 0 Å². The fraction of sp³-hybridized carbons (Fsp3) is 0.0769. The van der Waals surface area contributed by atoms with Crippen LogP contribution in [-0.4, -0.2) is 18.0 Å². The summed E-state index contributed by atoms with van der Waals surface area (Å²) in [6.45, 7) is 0. The maximum Gasteiger partial charge on any atom is 0.258 e. The van der Waals surface area contributed by atoms with Gasteiger partial charge in [-0.3, -0.25) is 9.78 Å². The highest BCUT2D eigenvalue weighted by molar-refractivity contribution is 6.07. The van der Waals surface area contributed by atoms with Crippen LogP contribution in [0.5, 0.6) is 5.75 Å². The number of anilines is 1. The number of benzene rings is 1. The van der Waals surface area contributed by atoms with Crippen LogP contribution in [0, 0.1) is 4.91 Å². The van der Waals surface area contributed by atoms with E-state index >= 15 is 0 Å². The van der Waals surface area contributed by atoms with E-state index in [2.05, 4.69) is 15.5 Å². The molecule has 6 heteroatoms. The van der Waals surface area contributed by atoms with E-state index in [0.29, 0.717) is 11.4 Å². The minimum Gasteiger partial charge on any atom is -0.497 e. The number of nitrogens with zero attached hydrogens (tertiary/aromatic N) is 2. The molecule has 0 saturated carbocycles. The third-order valence-corrected chi connectivity index (χ3v) is 2.47. The molecule has 0 saturated heterocycles. The predicted molar refractivity (Wildman–Crippen MR) is 70.6 cm³/mol. The number of ether oxygens (including phenoxy) is 1. The molecule has 2 rings (SSSR count).